The lowest BCUT2D eigenvalue weighted by Crippen LogP contribution is -2.30. The largest absolute Gasteiger partial charge is 0.376 e. The molecule has 4 heteroatoms. The van der Waals surface area contributed by atoms with E-state index in [9.17, 15) is 4.79 Å². The van der Waals surface area contributed by atoms with Crippen molar-refractivity contribution in [3.05, 3.63) is 0 Å². The number of carbonyl (C=O) groups is 1. The van der Waals surface area contributed by atoms with Crippen LogP contribution in [0.15, 0.2) is 0 Å². The average Bonchev–Trinajstić information content (AvgIpc) is 2.75. The number of ether oxygens (including phenoxy) is 1. The van der Waals surface area contributed by atoms with Crippen LogP contribution in [0.5, 0.6) is 0 Å². The van der Waals surface area contributed by atoms with Crippen LogP contribution in [0.1, 0.15) is 33.1 Å². The first kappa shape index (κ1) is 14.5. The molecule has 0 saturated carbocycles. The second-order valence-corrected chi connectivity index (χ2v) is 5.18. The lowest BCUT2D eigenvalue weighted by Gasteiger charge is -2.17. The van der Waals surface area contributed by atoms with Gasteiger partial charge in [0.05, 0.1) is 6.10 Å². The molecule has 1 amide bonds. The van der Waals surface area contributed by atoms with Gasteiger partial charge in [-0.15, -0.1) is 0 Å². The third-order valence-electron chi connectivity index (χ3n) is 2.98. The fourth-order valence-electron chi connectivity index (χ4n) is 1.99. The molecule has 1 unspecified atom stereocenters. The first-order valence-electron chi connectivity index (χ1n) is 6.67. The van der Waals surface area contributed by atoms with Crippen LogP contribution in [0, 0.1) is 5.92 Å². The molecule has 100 valence electrons. The van der Waals surface area contributed by atoms with E-state index in [4.69, 9.17) is 4.74 Å². The van der Waals surface area contributed by atoms with E-state index >= 15 is 0 Å². The summed E-state index contributed by atoms with van der Waals surface area (Å²) in [5, 5.41) is 3.06. The van der Waals surface area contributed by atoms with Gasteiger partial charge in [0.25, 0.3) is 0 Å². The van der Waals surface area contributed by atoms with Crippen LogP contribution in [0.3, 0.4) is 0 Å². The molecule has 0 aliphatic carbocycles. The van der Waals surface area contributed by atoms with Crippen LogP contribution < -0.4 is 5.32 Å². The minimum Gasteiger partial charge on any atom is -0.376 e. The van der Waals surface area contributed by atoms with Crippen molar-refractivity contribution in [1.29, 1.82) is 0 Å². The summed E-state index contributed by atoms with van der Waals surface area (Å²) in [6.45, 7) is 7.65. The molecule has 1 atom stereocenters. The van der Waals surface area contributed by atoms with Gasteiger partial charge in [-0.2, -0.15) is 0 Å². The molecule has 17 heavy (non-hydrogen) atoms. The van der Waals surface area contributed by atoms with Crippen LogP contribution in [0.4, 0.5) is 0 Å². The first-order chi connectivity index (χ1) is 8.13. The number of rotatable bonds is 7. The molecule has 0 aromatic heterocycles. The zero-order chi connectivity index (χ0) is 12.7. The van der Waals surface area contributed by atoms with Gasteiger partial charge in [-0.3, -0.25) is 4.79 Å². The Labute approximate surface area is 105 Å². The summed E-state index contributed by atoms with van der Waals surface area (Å²) in [6, 6.07) is 0. The molecule has 1 N–H and O–H groups in total. The number of nitrogens with zero attached hydrogens (tertiary/aromatic N) is 1. The van der Waals surface area contributed by atoms with Crippen molar-refractivity contribution in [3.8, 4) is 0 Å². The second-order valence-electron chi connectivity index (χ2n) is 5.18. The summed E-state index contributed by atoms with van der Waals surface area (Å²) >= 11 is 0. The van der Waals surface area contributed by atoms with Crippen LogP contribution in [-0.4, -0.2) is 50.2 Å². The van der Waals surface area contributed by atoms with E-state index < -0.39 is 0 Å². The molecule has 0 spiro atoms. The minimum absolute atomic E-state index is 0.255. The van der Waals surface area contributed by atoms with Gasteiger partial charge >= 0.3 is 0 Å². The Hall–Kier alpha value is -0.610. The molecular weight excluding hydrogens is 216 g/mol. The van der Waals surface area contributed by atoms with Crippen molar-refractivity contribution < 1.29 is 9.53 Å². The highest BCUT2D eigenvalue weighted by atomic mass is 16.5. The van der Waals surface area contributed by atoms with E-state index in [2.05, 4.69) is 19.2 Å². The van der Waals surface area contributed by atoms with Crippen LogP contribution in [0.2, 0.25) is 0 Å². The number of hydrogen-bond acceptors (Lipinski definition) is 3. The molecule has 0 bridgehead atoms. The number of amides is 1. The van der Waals surface area contributed by atoms with E-state index in [-0.39, 0.29) is 12.0 Å². The maximum atomic E-state index is 11.8. The summed E-state index contributed by atoms with van der Waals surface area (Å²) in [5.41, 5.74) is 0. The highest BCUT2D eigenvalue weighted by molar-refractivity contribution is 5.76. The fourth-order valence-corrected chi connectivity index (χ4v) is 1.99. The average molecular weight is 242 g/mol. The highest BCUT2D eigenvalue weighted by Gasteiger charge is 2.26. The van der Waals surface area contributed by atoms with E-state index in [0.29, 0.717) is 12.3 Å². The monoisotopic (exact) mass is 242 g/mol. The molecule has 1 aliphatic rings. The Bertz CT molecular complexity index is 231. The maximum Gasteiger partial charge on any atom is 0.222 e. The van der Waals surface area contributed by atoms with E-state index in [1.807, 2.05) is 11.9 Å². The summed E-state index contributed by atoms with van der Waals surface area (Å²) in [6.07, 6.45) is 2.82. The third kappa shape index (κ3) is 5.50. The zero-order valence-electron chi connectivity index (χ0n) is 11.4. The van der Waals surface area contributed by atoms with Crippen molar-refractivity contribution in [2.75, 3.05) is 33.3 Å². The van der Waals surface area contributed by atoms with Gasteiger partial charge in [-0.25, -0.2) is 0 Å². The van der Waals surface area contributed by atoms with E-state index in [1.165, 1.54) is 0 Å². The van der Waals surface area contributed by atoms with Gasteiger partial charge in [0, 0.05) is 26.1 Å². The van der Waals surface area contributed by atoms with E-state index in [0.717, 1.165) is 39.1 Å². The van der Waals surface area contributed by atoms with Gasteiger partial charge in [0.15, 0.2) is 0 Å². The van der Waals surface area contributed by atoms with Gasteiger partial charge < -0.3 is 15.0 Å². The Morgan fingerprint density at radius 2 is 2.29 bits per heavy atom. The summed E-state index contributed by atoms with van der Waals surface area (Å²) in [4.78, 5) is 13.8. The van der Waals surface area contributed by atoms with Crippen molar-refractivity contribution in [2.24, 2.45) is 5.92 Å². The molecule has 4 nitrogen and oxygen atoms in total. The summed E-state index contributed by atoms with van der Waals surface area (Å²) < 4.78 is 5.76. The molecule has 1 rings (SSSR count). The Kier molecular flexibility index (Phi) is 6.52. The smallest absolute Gasteiger partial charge is 0.222 e. The summed E-state index contributed by atoms with van der Waals surface area (Å²) in [7, 11) is 1.91. The van der Waals surface area contributed by atoms with Crippen LogP contribution >= 0.6 is 0 Å². The predicted molar refractivity (Wildman–Crippen MR) is 68.9 cm³/mol. The SMILES string of the molecule is CNCCCC(=O)N1CCC(OCC(C)C)C1. The molecule has 1 heterocycles. The Morgan fingerprint density at radius 1 is 1.53 bits per heavy atom. The molecule has 1 fully saturated rings. The quantitative estimate of drug-likeness (QED) is 0.683. The van der Waals surface area contributed by atoms with E-state index in [1.54, 1.807) is 0 Å². The number of likely N-dealkylation sites (tertiary alicyclic amines) is 1. The van der Waals surface area contributed by atoms with Crippen molar-refractivity contribution in [1.82, 2.24) is 10.2 Å². The number of carbonyl (C=O) groups excluding carboxylic acids is 1. The predicted octanol–water partition coefficient (Wildman–Crippen LogP) is 1.26. The molecule has 1 saturated heterocycles. The zero-order valence-corrected chi connectivity index (χ0v) is 11.4. The molecular formula is C13H26N2O2. The van der Waals surface area contributed by atoms with Gasteiger partial charge in [-0.1, -0.05) is 13.8 Å². The summed E-state index contributed by atoms with van der Waals surface area (Å²) in [5.74, 6) is 0.839. The molecule has 0 aromatic carbocycles. The lowest BCUT2D eigenvalue weighted by molar-refractivity contribution is -0.130. The molecule has 1 aliphatic heterocycles. The fraction of sp³-hybridized carbons (Fsp3) is 0.923. The topological polar surface area (TPSA) is 41.6 Å². The number of hydrogen-bond donors (Lipinski definition) is 1. The van der Waals surface area contributed by atoms with Crippen LogP contribution in [-0.2, 0) is 9.53 Å². The molecule has 0 radical (unpaired) electrons. The van der Waals surface area contributed by atoms with Gasteiger partial charge in [0.2, 0.25) is 5.91 Å². The normalized spacial score (nSPS) is 20.2. The van der Waals surface area contributed by atoms with Gasteiger partial charge in [-0.05, 0) is 32.4 Å². The van der Waals surface area contributed by atoms with Crippen LogP contribution in [0.25, 0.3) is 0 Å². The Morgan fingerprint density at radius 3 is 2.94 bits per heavy atom. The second kappa shape index (κ2) is 7.67. The minimum atomic E-state index is 0.255. The highest BCUT2D eigenvalue weighted by Crippen LogP contribution is 2.15. The lowest BCUT2D eigenvalue weighted by atomic mass is 10.2. The third-order valence-corrected chi connectivity index (χ3v) is 2.98. The standard InChI is InChI=1S/C13H26N2O2/c1-11(2)10-17-12-6-8-15(9-12)13(16)5-4-7-14-3/h11-12,14H,4-10H2,1-3H3. The van der Waals surface area contributed by atoms with Crippen molar-refractivity contribution in [3.63, 3.8) is 0 Å². The first-order valence-corrected chi connectivity index (χ1v) is 6.67. The Balaban J connectivity index is 2.17. The van der Waals surface area contributed by atoms with Crippen molar-refractivity contribution in [2.45, 2.75) is 39.2 Å². The number of nitrogens with one attached hydrogen (secondary N) is 1. The maximum absolute atomic E-state index is 11.8. The van der Waals surface area contributed by atoms with Gasteiger partial charge in [0.1, 0.15) is 0 Å². The van der Waals surface area contributed by atoms with Crippen molar-refractivity contribution >= 4 is 5.91 Å². The molecule has 0 aromatic rings.